The molecule has 166 valence electrons. The second kappa shape index (κ2) is 9.97. The third-order valence-corrected chi connectivity index (χ3v) is 5.34. The van der Waals surface area contributed by atoms with Crippen LogP contribution in [-0.4, -0.2) is 44.7 Å². The third kappa shape index (κ3) is 4.70. The Kier molecular flexibility index (Phi) is 6.66. The maximum absolute atomic E-state index is 11.7. The Morgan fingerprint density at radius 1 is 0.939 bits per heavy atom. The number of ether oxygens (including phenoxy) is 1. The van der Waals surface area contributed by atoms with Crippen LogP contribution in [0.25, 0.3) is 0 Å². The molecule has 0 saturated carbocycles. The van der Waals surface area contributed by atoms with Crippen molar-refractivity contribution < 1.29 is 14.6 Å². The zero-order chi connectivity index (χ0) is 23.1. The molecule has 0 aliphatic rings. The Morgan fingerprint density at radius 2 is 1.64 bits per heavy atom. The highest BCUT2D eigenvalue weighted by Crippen LogP contribution is 2.41. The number of amides is 1. The Labute approximate surface area is 191 Å². The molecule has 0 bridgehead atoms. The van der Waals surface area contributed by atoms with Gasteiger partial charge in [-0.1, -0.05) is 24.3 Å². The van der Waals surface area contributed by atoms with Crippen LogP contribution >= 0.6 is 0 Å². The van der Waals surface area contributed by atoms with Crippen molar-refractivity contribution in [1.29, 1.82) is 0 Å². The van der Waals surface area contributed by atoms with E-state index in [1.54, 1.807) is 31.6 Å². The number of methoxy groups -OCH3 is 1. The number of nitrogens with one attached hydrogen (secondary N) is 1. The lowest BCUT2D eigenvalue weighted by atomic mass is 9.69. The average Bonchev–Trinajstić information content (AvgIpc) is 2.88. The molecule has 8 heteroatoms. The summed E-state index contributed by atoms with van der Waals surface area (Å²) in [6, 6.07) is 18.8. The number of pyridine rings is 4. The first-order chi connectivity index (χ1) is 16.2. The summed E-state index contributed by atoms with van der Waals surface area (Å²) in [5, 5.41) is 11.7. The van der Waals surface area contributed by atoms with Crippen molar-refractivity contribution in [2.75, 3.05) is 19.0 Å². The number of hydrogen-bond donors (Lipinski definition) is 2. The van der Waals surface area contributed by atoms with Crippen LogP contribution in [-0.2, 0) is 16.6 Å². The largest absolute Gasteiger partial charge is 0.481 e. The number of aromatic nitrogens is 4. The molecule has 2 N–H and O–H groups in total. The van der Waals surface area contributed by atoms with Crippen LogP contribution in [0.2, 0.25) is 0 Å². The van der Waals surface area contributed by atoms with E-state index in [0.29, 0.717) is 23.8 Å². The fourth-order valence-corrected chi connectivity index (χ4v) is 3.86. The molecule has 4 rings (SSSR count). The number of aliphatic hydroxyl groups is 1. The van der Waals surface area contributed by atoms with E-state index in [1.807, 2.05) is 60.9 Å². The Bertz CT molecular complexity index is 1180. The molecule has 1 amide bonds. The van der Waals surface area contributed by atoms with Crippen molar-refractivity contribution in [1.82, 2.24) is 19.9 Å². The van der Waals surface area contributed by atoms with Crippen molar-refractivity contribution in [2.45, 2.75) is 11.8 Å². The van der Waals surface area contributed by atoms with Gasteiger partial charge in [-0.2, -0.15) is 0 Å². The normalized spacial score (nSPS) is 11.1. The Morgan fingerprint density at radius 3 is 2.24 bits per heavy atom. The van der Waals surface area contributed by atoms with E-state index in [-0.39, 0.29) is 0 Å². The smallest absolute Gasteiger partial charge is 0.251 e. The van der Waals surface area contributed by atoms with Gasteiger partial charge >= 0.3 is 0 Å². The fourth-order valence-electron chi connectivity index (χ4n) is 3.86. The molecule has 0 spiro atoms. The topological polar surface area (TPSA) is 110 Å². The summed E-state index contributed by atoms with van der Waals surface area (Å²) in [4.78, 5) is 29.8. The van der Waals surface area contributed by atoms with E-state index in [0.717, 1.165) is 16.8 Å². The van der Waals surface area contributed by atoms with Crippen LogP contribution in [0.15, 0.2) is 85.5 Å². The minimum atomic E-state index is -0.788. The number of nitrogens with zero attached hydrogens (tertiary/aromatic N) is 4. The fraction of sp³-hybridized carbons (Fsp3) is 0.160. The second-order valence-corrected chi connectivity index (χ2v) is 7.35. The molecule has 4 aromatic rings. The van der Waals surface area contributed by atoms with Gasteiger partial charge in [0.15, 0.2) is 0 Å². The summed E-state index contributed by atoms with van der Waals surface area (Å²) in [6.07, 6.45) is 7.48. The van der Waals surface area contributed by atoms with Gasteiger partial charge < -0.3 is 15.2 Å². The summed E-state index contributed by atoms with van der Waals surface area (Å²) in [5.41, 5.74) is 2.48. The first-order valence-electron chi connectivity index (χ1n) is 10.3. The van der Waals surface area contributed by atoms with Gasteiger partial charge in [0.25, 0.3) is 5.91 Å². The van der Waals surface area contributed by atoms with E-state index in [1.165, 1.54) is 0 Å². The number of carbonyl (C=O) groups excluding carboxylic acids is 1. The molecule has 0 aliphatic carbocycles. The lowest BCUT2D eigenvalue weighted by Gasteiger charge is -2.34. The molecule has 4 heterocycles. The highest BCUT2D eigenvalue weighted by atomic mass is 16.5. The van der Waals surface area contributed by atoms with Gasteiger partial charge in [0.05, 0.1) is 18.2 Å². The van der Waals surface area contributed by atoms with Gasteiger partial charge in [-0.15, -0.1) is 0 Å². The van der Waals surface area contributed by atoms with Gasteiger partial charge in [-0.3, -0.25) is 14.8 Å². The number of carbonyl (C=O) groups is 1. The number of hydrogen-bond acceptors (Lipinski definition) is 7. The van der Waals surface area contributed by atoms with Crippen molar-refractivity contribution in [3.05, 3.63) is 108 Å². The molecule has 0 unspecified atom stereocenters. The van der Waals surface area contributed by atoms with Crippen molar-refractivity contribution in [3.63, 3.8) is 0 Å². The summed E-state index contributed by atoms with van der Waals surface area (Å²) in [6.45, 7) is -0.616. The monoisotopic (exact) mass is 441 g/mol. The molecule has 0 aromatic carbocycles. The van der Waals surface area contributed by atoms with Crippen molar-refractivity contribution >= 4 is 11.7 Å². The molecule has 0 radical (unpaired) electrons. The van der Waals surface area contributed by atoms with E-state index in [9.17, 15) is 4.79 Å². The van der Waals surface area contributed by atoms with Crippen LogP contribution in [0.3, 0.4) is 0 Å². The zero-order valence-electron chi connectivity index (χ0n) is 18.0. The van der Waals surface area contributed by atoms with Gasteiger partial charge in [0.1, 0.15) is 12.4 Å². The standard InChI is InChI=1S/C25H23N5O3/c1-33-24-11-3-9-21(29-24)25(18-6-4-12-26-15-18,19-7-5-13-27-16-19)14-20-8-2-10-22(28-20)30-23(32)17-31/h2-13,15-16,31H,14,17H2,1H3,(H,28,30,32). The van der Waals surface area contributed by atoms with Gasteiger partial charge in [-0.25, -0.2) is 9.97 Å². The Balaban J connectivity index is 1.92. The highest BCUT2D eigenvalue weighted by molar-refractivity contribution is 5.90. The minimum Gasteiger partial charge on any atom is -0.481 e. The average molecular weight is 441 g/mol. The lowest BCUT2D eigenvalue weighted by molar-refractivity contribution is -0.118. The van der Waals surface area contributed by atoms with Crippen LogP contribution < -0.4 is 10.1 Å². The van der Waals surface area contributed by atoms with Crippen molar-refractivity contribution in [2.24, 2.45) is 0 Å². The van der Waals surface area contributed by atoms with Crippen LogP contribution in [0.5, 0.6) is 5.88 Å². The van der Waals surface area contributed by atoms with E-state index in [4.69, 9.17) is 14.8 Å². The molecule has 4 aromatic heterocycles. The van der Waals surface area contributed by atoms with Gasteiger partial charge in [0.2, 0.25) is 5.88 Å². The first kappa shape index (κ1) is 22.0. The predicted octanol–water partition coefficient (Wildman–Crippen LogP) is 2.78. The third-order valence-electron chi connectivity index (χ3n) is 5.34. The number of anilines is 1. The van der Waals surface area contributed by atoms with E-state index in [2.05, 4.69) is 20.3 Å². The van der Waals surface area contributed by atoms with E-state index >= 15 is 0 Å². The molecule has 0 aliphatic heterocycles. The summed E-state index contributed by atoms with van der Waals surface area (Å²) in [5.74, 6) is 0.317. The maximum Gasteiger partial charge on any atom is 0.251 e. The zero-order valence-corrected chi connectivity index (χ0v) is 18.0. The molecule has 0 saturated heterocycles. The van der Waals surface area contributed by atoms with Gasteiger partial charge in [0, 0.05) is 43.0 Å². The number of rotatable bonds is 8. The SMILES string of the molecule is COc1cccc(C(Cc2cccc(NC(=O)CO)n2)(c2cccnc2)c2cccnc2)n1. The highest BCUT2D eigenvalue weighted by Gasteiger charge is 2.39. The van der Waals surface area contributed by atoms with Crippen LogP contribution in [0.1, 0.15) is 22.5 Å². The lowest BCUT2D eigenvalue weighted by Crippen LogP contribution is -2.34. The summed E-state index contributed by atoms with van der Waals surface area (Å²) >= 11 is 0. The molecule has 8 nitrogen and oxygen atoms in total. The molecular weight excluding hydrogens is 418 g/mol. The predicted molar refractivity (Wildman–Crippen MR) is 123 cm³/mol. The van der Waals surface area contributed by atoms with Crippen LogP contribution in [0.4, 0.5) is 5.82 Å². The second-order valence-electron chi connectivity index (χ2n) is 7.35. The Hall–Kier alpha value is -4.17. The molecule has 0 fully saturated rings. The van der Waals surface area contributed by atoms with Crippen molar-refractivity contribution in [3.8, 4) is 5.88 Å². The van der Waals surface area contributed by atoms with E-state index < -0.39 is 17.9 Å². The summed E-state index contributed by atoms with van der Waals surface area (Å²) in [7, 11) is 1.58. The molecule has 33 heavy (non-hydrogen) atoms. The summed E-state index contributed by atoms with van der Waals surface area (Å²) < 4.78 is 5.42. The first-order valence-corrected chi connectivity index (χ1v) is 10.3. The van der Waals surface area contributed by atoms with Gasteiger partial charge in [-0.05, 0) is 41.5 Å². The van der Waals surface area contributed by atoms with Crippen LogP contribution in [0, 0.1) is 0 Å². The molecular formula is C25H23N5O3. The molecule has 0 atom stereocenters. The quantitative estimate of drug-likeness (QED) is 0.433. The maximum atomic E-state index is 11.7. The number of aliphatic hydroxyl groups excluding tert-OH is 1. The minimum absolute atomic E-state index is 0.358.